The number of nitrogens with zero attached hydrogens (tertiary/aromatic N) is 5. The molecule has 3 aromatic rings. The number of fused-ring (bicyclic) bond motifs is 1. The smallest absolute Gasteiger partial charge is 0.212 e. The Bertz CT molecular complexity index is 1130. The van der Waals surface area contributed by atoms with Gasteiger partial charge in [0, 0.05) is 43.9 Å². The van der Waals surface area contributed by atoms with E-state index in [4.69, 9.17) is 16.6 Å². The van der Waals surface area contributed by atoms with Crippen LogP contribution in [-0.2, 0) is 10.8 Å². The fraction of sp³-hybridized carbons (Fsp3) is 0.500. The number of piperidine rings is 1. The number of aliphatic hydroxyl groups excluding tert-OH is 1. The van der Waals surface area contributed by atoms with E-state index in [1.807, 2.05) is 22.7 Å². The van der Waals surface area contributed by atoms with Crippen molar-refractivity contribution in [2.45, 2.75) is 48.5 Å². The fourth-order valence-corrected chi connectivity index (χ4v) is 5.63. The summed E-state index contributed by atoms with van der Waals surface area (Å²) < 4.78 is 14.7. The molecule has 1 aliphatic heterocycles. The first-order valence-corrected chi connectivity index (χ1v) is 12.9. The largest absolute Gasteiger partial charge is 0.394 e. The van der Waals surface area contributed by atoms with Crippen LogP contribution in [0, 0.1) is 0 Å². The number of nitrogens with one attached hydrogen (secondary N) is 1. The van der Waals surface area contributed by atoms with Crippen molar-refractivity contribution >= 4 is 39.7 Å². The molecule has 8 nitrogen and oxygen atoms in total. The van der Waals surface area contributed by atoms with Gasteiger partial charge in [-0.1, -0.05) is 11.6 Å². The molecule has 0 spiro atoms. The van der Waals surface area contributed by atoms with Gasteiger partial charge in [0.25, 0.3) is 0 Å². The molecular weight excluding hydrogens is 448 g/mol. The zero-order valence-corrected chi connectivity index (χ0v) is 19.6. The van der Waals surface area contributed by atoms with Gasteiger partial charge in [-0.2, -0.15) is 4.98 Å². The van der Waals surface area contributed by atoms with Crippen molar-refractivity contribution in [1.29, 1.82) is 0 Å². The number of hydrogen-bond donors (Lipinski definition) is 2. The molecule has 0 bridgehead atoms. The monoisotopic (exact) mass is 474 g/mol. The van der Waals surface area contributed by atoms with Crippen molar-refractivity contribution in [3.05, 3.63) is 41.6 Å². The van der Waals surface area contributed by atoms with Crippen molar-refractivity contribution in [1.82, 2.24) is 19.4 Å². The molecule has 0 aromatic carbocycles. The fourth-order valence-electron chi connectivity index (χ4n) is 4.71. The van der Waals surface area contributed by atoms with Crippen molar-refractivity contribution in [2.75, 3.05) is 36.2 Å². The van der Waals surface area contributed by atoms with Gasteiger partial charge in [-0.15, -0.1) is 0 Å². The van der Waals surface area contributed by atoms with Crippen LogP contribution in [0.4, 0.5) is 11.8 Å². The molecule has 1 saturated carbocycles. The molecule has 2 fully saturated rings. The molecule has 0 unspecified atom stereocenters. The highest BCUT2D eigenvalue weighted by Crippen LogP contribution is 2.38. The topological polar surface area (TPSA) is 95.6 Å². The third-order valence-corrected chi connectivity index (χ3v) is 7.86. The second-order valence-corrected chi connectivity index (χ2v) is 10.5. The van der Waals surface area contributed by atoms with Crippen molar-refractivity contribution < 1.29 is 9.32 Å². The quantitative estimate of drug-likeness (QED) is 0.566. The lowest BCUT2D eigenvalue weighted by atomic mass is 9.77. The summed E-state index contributed by atoms with van der Waals surface area (Å²) in [5, 5.41) is 14.0. The van der Waals surface area contributed by atoms with E-state index in [1.165, 1.54) is 0 Å². The highest BCUT2D eigenvalue weighted by Gasteiger charge is 2.38. The van der Waals surface area contributed by atoms with E-state index in [9.17, 15) is 9.32 Å². The predicted octanol–water partition coefficient (Wildman–Crippen LogP) is 3.23. The molecule has 0 amide bonds. The zero-order valence-electron chi connectivity index (χ0n) is 18.0. The lowest BCUT2D eigenvalue weighted by molar-refractivity contribution is 0.143. The minimum atomic E-state index is -1.23. The van der Waals surface area contributed by atoms with Gasteiger partial charge in [-0.05, 0) is 44.2 Å². The van der Waals surface area contributed by atoms with Crippen LogP contribution in [0.3, 0.4) is 0 Å². The third kappa shape index (κ3) is 3.86. The van der Waals surface area contributed by atoms with Crippen molar-refractivity contribution in [3.63, 3.8) is 0 Å². The second kappa shape index (κ2) is 8.61. The normalized spacial score (nSPS) is 19.7. The minimum Gasteiger partial charge on any atom is -0.394 e. The molecule has 170 valence electrons. The minimum absolute atomic E-state index is 0.0402. The standard InChI is InChI=1S/C22H27ClN6O2S/c1-32(31)18-17-4-2-9-29(17)21(26-20(18)27-22(14-30)7-3-8-22)28-10-5-15(6-11-28)19-24-12-16(23)13-25-19/h2,4,9,12-13,15,27,30H,3,5-8,10-11,14H2,1H3/t32-/m1/s1. The molecular formula is C22H27ClN6O2S. The van der Waals surface area contributed by atoms with Gasteiger partial charge in [0.2, 0.25) is 5.95 Å². The molecule has 32 heavy (non-hydrogen) atoms. The van der Waals surface area contributed by atoms with Gasteiger partial charge in [-0.3, -0.25) is 8.61 Å². The number of halogens is 1. The van der Waals surface area contributed by atoms with E-state index in [2.05, 4.69) is 20.2 Å². The van der Waals surface area contributed by atoms with Crippen LogP contribution in [0.5, 0.6) is 0 Å². The van der Waals surface area contributed by atoms with Crippen LogP contribution in [0.25, 0.3) is 5.52 Å². The summed E-state index contributed by atoms with van der Waals surface area (Å²) in [6.45, 7) is 1.67. The second-order valence-electron chi connectivity index (χ2n) is 8.74. The Morgan fingerprint density at radius 3 is 2.59 bits per heavy atom. The summed E-state index contributed by atoms with van der Waals surface area (Å²) in [7, 11) is -1.23. The third-order valence-electron chi connectivity index (χ3n) is 6.69. The van der Waals surface area contributed by atoms with Crippen LogP contribution in [0.2, 0.25) is 5.02 Å². The number of aliphatic hydroxyl groups is 1. The van der Waals surface area contributed by atoms with E-state index in [0.717, 1.165) is 62.5 Å². The lowest BCUT2D eigenvalue weighted by Crippen LogP contribution is -2.49. The number of anilines is 2. The SMILES string of the molecule is C[S@@](=O)c1c(NC2(CO)CCC2)nc(N2CCC(c3ncc(Cl)cn3)CC2)n2cccc12. The Morgan fingerprint density at radius 1 is 1.28 bits per heavy atom. The Hall–Kier alpha value is -2.23. The first-order valence-electron chi connectivity index (χ1n) is 11.0. The summed E-state index contributed by atoms with van der Waals surface area (Å²) in [5.74, 6) is 2.56. The van der Waals surface area contributed by atoms with Gasteiger partial charge >= 0.3 is 0 Å². The van der Waals surface area contributed by atoms with Gasteiger partial charge in [0.05, 0.1) is 33.5 Å². The maximum atomic E-state index is 12.7. The van der Waals surface area contributed by atoms with Gasteiger partial charge in [-0.25, -0.2) is 9.97 Å². The molecule has 1 aliphatic carbocycles. The van der Waals surface area contributed by atoms with Crippen molar-refractivity contribution in [2.24, 2.45) is 0 Å². The maximum Gasteiger partial charge on any atom is 0.212 e. The van der Waals surface area contributed by atoms with Crippen LogP contribution >= 0.6 is 11.6 Å². The molecule has 3 aromatic heterocycles. The van der Waals surface area contributed by atoms with Gasteiger partial charge < -0.3 is 15.3 Å². The Labute approximate surface area is 194 Å². The van der Waals surface area contributed by atoms with Gasteiger partial charge in [0.1, 0.15) is 16.5 Å². The van der Waals surface area contributed by atoms with E-state index in [-0.39, 0.29) is 18.1 Å². The van der Waals surface area contributed by atoms with Crippen LogP contribution in [0.15, 0.2) is 35.6 Å². The average molecular weight is 475 g/mol. The summed E-state index contributed by atoms with van der Waals surface area (Å²) in [6, 6.07) is 3.94. The van der Waals surface area contributed by atoms with Crippen LogP contribution in [0.1, 0.15) is 43.8 Å². The van der Waals surface area contributed by atoms with Crippen LogP contribution < -0.4 is 10.2 Å². The summed E-state index contributed by atoms with van der Waals surface area (Å²) >= 11 is 5.93. The number of hydrogen-bond acceptors (Lipinski definition) is 7. The van der Waals surface area contributed by atoms with Crippen LogP contribution in [-0.4, -0.2) is 60.2 Å². The summed E-state index contributed by atoms with van der Waals surface area (Å²) in [6.07, 6.45) is 11.6. The zero-order chi connectivity index (χ0) is 22.3. The predicted molar refractivity (Wildman–Crippen MR) is 126 cm³/mol. The number of aromatic nitrogens is 4. The molecule has 4 heterocycles. The lowest BCUT2D eigenvalue weighted by Gasteiger charge is -2.42. The van der Waals surface area contributed by atoms with Crippen molar-refractivity contribution in [3.8, 4) is 0 Å². The summed E-state index contributed by atoms with van der Waals surface area (Å²) in [5.41, 5.74) is 0.510. The number of rotatable bonds is 6. The van der Waals surface area contributed by atoms with E-state index >= 15 is 0 Å². The van der Waals surface area contributed by atoms with E-state index < -0.39 is 10.8 Å². The maximum absolute atomic E-state index is 12.7. The molecule has 5 rings (SSSR count). The van der Waals surface area contributed by atoms with E-state index in [1.54, 1.807) is 18.6 Å². The van der Waals surface area contributed by atoms with E-state index in [0.29, 0.717) is 15.7 Å². The Kier molecular flexibility index (Phi) is 5.81. The molecule has 1 saturated heterocycles. The molecule has 0 radical (unpaired) electrons. The molecule has 2 aliphatic rings. The molecule has 2 N–H and O–H groups in total. The Balaban J connectivity index is 1.46. The molecule has 10 heteroatoms. The first-order chi connectivity index (χ1) is 15.5. The Morgan fingerprint density at radius 2 is 2.00 bits per heavy atom. The highest BCUT2D eigenvalue weighted by atomic mass is 35.5. The highest BCUT2D eigenvalue weighted by molar-refractivity contribution is 7.84. The average Bonchev–Trinajstić information content (AvgIpc) is 3.25. The van der Waals surface area contributed by atoms with Gasteiger partial charge in [0.15, 0.2) is 0 Å². The molecule has 1 atom stereocenters. The summed E-state index contributed by atoms with van der Waals surface area (Å²) in [4.78, 5) is 16.7. The first kappa shape index (κ1) is 21.6.